The molecule has 0 spiro atoms. The normalized spacial score (nSPS) is 15.8. The summed E-state index contributed by atoms with van der Waals surface area (Å²) in [6.07, 6.45) is 2.07. The first-order chi connectivity index (χ1) is 12.0. The monoisotopic (exact) mass is 375 g/mol. The van der Waals surface area contributed by atoms with E-state index in [1.165, 1.54) is 16.2 Å². The maximum atomic E-state index is 12.9. The zero-order chi connectivity index (χ0) is 18.0. The smallest absolute Gasteiger partial charge is 0.265 e. The molecule has 1 aromatic heterocycles. The zero-order valence-corrected chi connectivity index (χ0v) is 16.9. The molecule has 0 aliphatic carbocycles. The van der Waals surface area contributed by atoms with Crippen molar-refractivity contribution in [2.45, 2.75) is 31.7 Å². The minimum Gasteiger partial charge on any atom is -0.335 e. The van der Waals surface area contributed by atoms with E-state index in [4.69, 9.17) is 0 Å². The fourth-order valence-corrected chi connectivity index (χ4v) is 4.55. The lowest BCUT2D eigenvalue weighted by atomic mass is 10.2. The second-order valence-corrected chi connectivity index (χ2v) is 8.47. The van der Waals surface area contributed by atoms with Crippen LogP contribution in [0.4, 0.5) is 0 Å². The third-order valence-corrected chi connectivity index (χ3v) is 6.56. The van der Waals surface area contributed by atoms with Gasteiger partial charge in [0.15, 0.2) is 0 Å². The van der Waals surface area contributed by atoms with Crippen LogP contribution in [0.5, 0.6) is 0 Å². The lowest BCUT2D eigenvalue weighted by molar-refractivity contribution is 0.0599. The highest BCUT2D eigenvalue weighted by molar-refractivity contribution is 7.98. The number of piperazine rings is 1. The number of thioether (sulfide) groups is 1. The Morgan fingerprint density at radius 3 is 2.60 bits per heavy atom. The number of aryl methyl sites for hydroxylation is 1. The van der Waals surface area contributed by atoms with Gasteiger partial charge in [0.05, 0.1) is 5.69 Å². The molecule has 0 N–H and O–H groups in total. The highest BCUT2D eigenvalue weighted by Gasteiger charge is 2.26. The molecule has 0 radical (unpaired) electrons. The summed E-state index contributed by atoms with van der Waals surface area (Å²) < 4.78 is 0. The Balaban J connectivity index is 1.77. The summed E-state index contributed by atoms with van der Waals surface area (Å²) in [4.78, 5) is 24.0. The van der Waals surface area contributed by atoms with E-state index in [1.807, 2.05) is 17.9 Å². The van der Waals surface area contributed by atoms with Crippen molar-refractivity contribution in [1.82, 2.24) is 14.8 Å². The minimum atomic E-state index is 0.130. The number of carbonyl (C=O) groups is 1. The van der Waals surface area contributed by atoms with Crippen LogP contribution < -0.4 is 0 Å². The van der Waals surface area contributed by atoms with E-state index >= 15 is 0 Å². The Morgan fingerprint density at radius 1 is 1.24 bits per heavy atom. The SMILES string of the molecule is CSc1cccc(-c2nc(C)c(C(=O)N3CCN(C(C)C)CC3)s2)c1. The fraction of sp³-hybridized carbons (Fsp3) is 0.474. The highest BCUT2D eigenvalue weighted by Crippen LogP contribution is 2.31. The van der Waals surface area contributed by atoms with Gasteiger partial charge >= 0.3 is 0 Å². The van der Waals surface area contributed by atoms with Crippen LogP contribution in [0.2, 0.25) is 0 Å². The van der Waals surface area contributed by atoms with Gasteiger partial charge in [-0.15, -0.1) is 23.1 Å². The van der Waals surface area contributed by atoms with Crippen molar-refractivity contribution in [2.75, 3.05) is 32.4 Å². The molecule has 0 bridgehead atoms. The summed E-state index contributed by atoms with van der Waals surface area (Å²) in [6, 6.07) is 8.88. The molecule has 6 heteroatoms. The van der Waals surface area contributed by atoms with E-state index in [-0.39, 0.29) is 5.91 Å². The third-order valence-electron chi connectivity index (χ3n) is 4.64. The molecule has 0 atom stereocenters. The van der Waals surface area contributed by atoms with Gasteiger partial charge in [-0.3, -0.25) is 9.69 Å². The van der Waals surface area contributed by atoms with Crippen molar-refractivity contribution < 1.29 is 4.79 Å². The van der Waals surface area contributed by atoms with Crippen molar-refractivity contribution in [3.63, 3.8) is 0 Å². The Kier molecular flexibility index (Phi) is 5.81. The summed E-state index contributed by atoms with van der Waals surface area (Å²) >= 11 is 3.23. The van der Waals surface area contributed by atoms with Gasteiger partial charge in [0.1, 0.15) is 9.88 Å². The number of thiazole rings is 1. The van der Waals surface area contributed by atoms with Crippen molar-refractivity contribution in [2.24, 2.45) is 0 Å². The average Bonchev–Trinajstić information content (AvgIpc) is 3.03. The van der Waals surface area contributed by atoms with Crippen LogP contribution in [0.1, 0.15) is 29.2 Å². The molecule has 2 heterocycles. The number of amides is 1. The number of benzene rings is 1. The van der Waals surface area contributed by atoms with Crippen molar-refractivity contribution in [3.8, 4) is 10.6 Å². The molecule has 0 saturated carbocycles. The molecule has 1 saturated heterocycles. The molecular weight excluding hydrogens is 350 g/mol. The average molecular weight is 376 g/mol. The summed E-state index contributed by atoms with van der Waals surface area (Å²) in [6.45, 7) is 9.85. The number of rotatable bonds is 4. The van der Waals surface area contributed by atoms with Crippen LogP contribution in [0, 0.1) is 6.92 Å². The molecule has 4 nitrogen and oxygen atoms in total. The van der Waals surface area contributed by atoms with E-state index in [1.54, 1.807) is 11.8 Å². The maximum absolute atomic E-state index is 12.9. The number of hydrogen-bond acceptors (Lipinski definition) is 5. The van der Waals surface area contributed by atoms with E-state index in [0.717, 1.165) is 47.3 Å². The standard InChI is InChI=1S/C19H25N3OS2/c1-13(2)21-8-10-22(11-9-21)19(23)17-14(3)20-18(25-17)15-6-5-7-16(12-15)24-4/h5-7,12-13H,8-11H2,1-4H3. The topological polar surface area (TPSA) is 36.4 Å². The van der Waals surface area contributed by atoms with Crippen LogP contribution in [0.3, 0.4) is 0 Å². The largest absolute Gasteiger partial charge is 0.335 e. The Labute approximate surface area is 158 Å². The van der Waals surface area contributed by atoms with E-state index in [2.05, 4.69) is 48.2 Å². The van der Waals surface area contributed by atoms with Crippen LogP contribution in [-0.4, -0.2) is 59.2 Å². The van der Waals surface area contributed by atoms with Crippen LogP contribution in [-0.2, 0) is 0 Å². The number of hydrogen-bond donors (Lipinski definition) is 0. The Bertz CT molecular complexity index is 749. The van der Waals surface area contributed by atoms with Crippen molar-refractivity contribution in [1.29, 1.82) is 0 Å². The van der Waals surface area contributed by atoms with Gasteiger partial charge in [0, 0.05) is 42.7 Å². The molecular formula is C19H25N3OS2. The first-order valence-electron chi connectivity index (χ1n) is 8.64. The molecule has 134 valence electrons. The van der Waals surface area contributed by atoms with Crippen LogP contribution >= 0.6 is 23.1 Å². The molecule has 1 amide bonds. The predicted octanol–water partition coefficient (Wildman–Crippen LogP) is 4.01. The molecule has 0 unspecified atom stereocenters. The molecule has 1 aliphatic rings. The maximum Gasteiger partial charge on any atom is 0.265 e. The second-order valence-electron chi connectivity index (χ2n) is 6.59. The molecule has 25 heavy (non-hydrogen) atoms. The molecule has 1 fully saturated rings. The van der Waals surface area contributed by atoms with Gasteiger partial charge in [0.25, 0.3) is 5.91 Å². The molecule has 2 aromatic rings. The van der Waals surface area contributed by atoms with Crippen molar-refractivity contribution in [3.05, 3.63) is 34.8 Å². The summed E-state index contributed by atoms with van der Waals surface area (Å²) in [5.41, 5.74) is 1.93. The first-order valence-corrected chi connectivity index (χ1v) is 10.7. The van der Waals surface area contributed by atoms with Crippen LogP contribution in [0.25, 0.3) is 10.6 Å². The minimum absolute atomic E-state index is 0.130. The quantitative estimate of drug-likeness (QED) is 0.757. The number of nitrogens with zero attached hydrogens (tertiary/aromatic N) is 3. The Morgan fingerprint density at radius 2 is 1.96 bits per heavy atom. The van der Waals surface area contributed by atoms with E-state index < -0.39 is 0 Å². The summed E-state index contributed by atoms with van der Waals surface area (Å²) in [5.74, 6) is 0.130. The number of carbonyl (C=O) groups excluding carboxylic acids is 1. The van der Waals surface area contributed by atoms with Crippen molar-refractivity contribution >= 4 is 29.0 Å². The predicted molar refractivity (Wildman–Crippen MR) is 107 cm³/mol. The second kappa shape index (κ2) is 7.89. The van der Waals surface area contributed by atoms with E-state index in [9.17, 15) is 4.79 Å². The van der Waals surface area contributed by atoms with Gasteiger partial charge in [-0.05, 0) is 39.2 Å². The van der Waals surface area contributed by atoms with Gasteiger partial charge in [0.2, 0.25) is 0 Å². The highest BCUT2D eigenvalue weighted by atomic mass is 32.2. The third kappa shape index (κ3) is 4.07. The van der Waals surface area contributed by atoms with E-state index in [0.29, 0.717) is 6.04 Å². The van der Waals surface area contributed by atoms with Gasteiger partial charge in [-0.2, -0.15) is 0 Å². The number of aromatic nitrogens is 1. The lowest BCUT2D eigenvalue weighted by Gasteiger charge is -2.36. The molecule has 3 rings (SSSR count). The van der Waals surface area contributed by atoms with Gasteiger partial charge < -0.3 is 4.90 Å². The summed E-state index contributed by atoms with van der Waals surface area (Å²) in [5, 5.41) is 0.928. The first kappa shape index (κ1) is 18.4. The summed E-state index contributed by atoms with van der Waals surface area (Å²) in [7, 11) is 0. The lowest BCUT2D eigenvalue weighted by Crippen LogP contribution is -2.50. The fourth-order valence-electron chi connectivity index (χ4n) is 3.06. The Hall–Kier alpha value is -1.37. The van der Waals surface area contributed by atoms with Gasteiger partial charge in [-0.25, -0.2) is 4.98 Å². The molecule has 1 aliphatic heterocycles. The molecule has 1 aromatic carbocycles. The van der Waals surface area contributed by atoms with Crippen LogP contribution in [0.15, 0.2) is 29.2 Å². The zero-order valence-electron chi connectivity index (χ0n) is 15.3. The van der Waals surface area contributed by atoms with Gasteiger partial charge in [-0.1, -0.05) is 12.1 Å².